The summed E-state index contributed by atoms with van der Waals surface area (Å²) in [5.41, 5.74) is -0.430. The number of carbonyl (C=O) groups excluding carboxylic acids is 1. The van der Waals surface area contributed by atoms with E-state index < -0.39 is 5.60 Å². The Morgan fingerprint density at radius 3 is 2.50 bits per heavy atom. The summed E-state index contributed by atoms with van der Waals surface area (Å²) in [5.74, 6) is 2.53. The average molecular weight is 353 g/mol. The Labute approximate surface area is 147 Å². The van der Waals surface area contributed by atoms with Gasteiger partial charge in [0.25, 0.3) is 0 Å². The van der Waals surface area contributed by atoms with Crippen LogP contribution in [0, 0.1) is 17.8 Å². The fraction of sp³-hybridized carbons (Fsp3) is 0.706. The largest absolute Gasteiger partial charge is 0.444 e. The average Bonchev–Trinajstić information content (AvgIpc) is 3.03. The van der Waals surface area contributed by atoms with E-state index in [1.54, 1.807) is 6.07 Å². The number of carbonyl (C=O) groups is 1. The van der Waals surface area contributed by atoms with Crippen molar-refractivity contribution in [1.29, 1.82) is 0 Å². The van der Waals surface area contributed by atoms with Crippen LogP contribution in [0.15, 0.2) is 12.1 Å². The topological polar surface area (TPSA) is 67.3 Å². The van der Waals surface area contributed by atoms with Gasteiger partial charge in [-0.3, -0.25) is 0 Å². The maximum absolute atomic E-state index is 12.2. The normalized spacial score (nSPS) is 26.3. The standard InChI is InChI=1S/C17H25ClN4O2/c1-17(2,3)24-16(23)22-9-12-6-11(7-13(12)10-22)8-19-15-5-4-14(18)20-21-15/h4-5,11-13H,6-10H2,1-3H3,(H,19,21)/t11-,12+,13-. The first-order valence-corrected chi connectivity index (χ1v) is 8.89. The van der Waals surface area contributed by atoms with Crippen molar-refractivity contribution in [2.75, 3.05) is 25.0 Å². The van der Waals surface area contributed by atoms with E-state index in [4.69, 9.17) is 16.3 Å². The third kappa shape index (κ3) is 4.29. The second-order valence-electron chi connectivity index (χ2n) is 7.87. The monoisotopic (exact) mass is 352 g/mol. The van der Waals surface area contributed by atoms with Crippen molar-refractivity contribution >= 4 is 23.5 Å². The fourth-order valence-corrected chi connectivity index (χ4v) is 3.83. The van der Waals surface area contributed by atoms with Gasteiger partial charge in [-0.25, -0.2) is 4.79 Å². The molecule has 2 fully saturated rings. The second-order valence-corrected chi connectivity index (χ2v) is 8.25. The minimum absolute atomic E-state index is 0.178. The third-order valence-corrected chi connectivity index (χ3v) is 4.91. The van der Waals surface area contributed by atoms with Crippen LogP contribution >= 0.6 is 11.6 Å². The van der Waals surface area contributed by atoms with Crippen molar-refractivity contribution in [2.24, 2.45) is 17.8 Å². The minimum Gasteiger partial charge on any atom is -0.444 e. The molecule has 1 aromatic heterocycles. The lowest BCUT2D eigenvalue weighted by atomic mass is 10.0. The Hall–Kier alpha value is -1.56. The van der Waals surface area contributed by atoms with Gasteiger partial charge in [-0.05, 0) is 63.5 Å². The summed E-state index contributed by atoms with van der Waals surface area (Å²) in [6.07, 6.45) is 2.10. The Morgan fingerprint density at radius 2 is 1.96 bits per heavy atom. The molecule has 3 rings (SSSR count). The fourth-order valence-electron chi connectivity index (χ4n) is 3.73. The van der Waals surface area contributed by atoms with Gasteiger partial charge in [0.2, 0.25) is 0 Å². The molecule has 0 unspecified atom stereocenters. The molecule has 7 heteroatoms. The number of likely N-dealkylation sites (tertiary alicyclic amines) is 1. The lowest BCUT2D eigenvalue weighted by Crippen LogP contribution is -2.36. The van der Waals surface area contributed by atoms with E-state index >= 15 is 0 Å². The van der Waals surface area contributed by atoms with Gasteiger partial charge in [-0.15, -0.1) is 10.2 Å². The zero-order chi connectivity index (χ0) is 17.3. The van der Waals surface area contributed by atoms with Crippen molar-refractivity contribution in [3.05, 3.63) is 17.3 Å². The molecule has 24 heavy (non-hydrogen) atoms. The van der Waals surface area contributed by atoms with Crippen LogP contribution in [0.1, 0.15) is 33.6 Å². The Kier molecular flexibility index (Phi) is 4.85. The predicted molar refractivity (Wildman–Crippen MR) is 93.0 cm³/mol. The summed E-state index contributed by atoms with van der Waals surface area (Å²) in [7, 11) is 0. The summed E-state index contributed by atoms with van der Waals surface area (Å²) in [6.45, 7) is 8.24. The summed E-state index contributed by atoms with van der Waals surface area (Å²) >= 11 is 5.74. The van der Waals surface area contributed by atoms with Gasteiger partial charge in [0.15, 0.2) is 5.15 Å². The number of aromatic nitrogens is 2. The van der Waals surface area contributed by atoms with Crippen LogP contribution in [0.2, 0.25) is 5.15 Å². The number of anilines is 1. The van der Waals surface area contributed by atoms with Crippen molar-refractivity contribution in [1.82, 2.24) is 15.1 Å². The molecule has 1 saturated heterocycles. The molecule has 132 valence electrons. The molecule has 0 spiro atoms. The quantitative estimate of drug-likeness (QED) is 0.902. The van der Waals surface area contributed by atoms with Gasteiger partial charge in [-0.2, -0.15) is 0 Å². The molecule has 0 aromatic carbocycles. The predicted octanol–water partition coefficient (Wildman–Crippen LogP) is 3.44. The van der Waals surface area contributed by atoms with Gasteiger partial charge in [0.05, 0.1) is 0 Å². The number of nitrogens with zero attached hydrogens (tertiary/aromatic N) is 3. The van der Waals surface area contributed by atoms with Crippen LogP contribution in [0.25, 0.3) is 0 Å². The van der Waals surface area contributed by atoms with E-state index in [0.29, 0.717) is 22.9 Å². The van der Waals surface area contributed by atoms with E-state index in [1.165, 1.54) is 0 Å². The number of halogens is 1. The molecule has 2 heterocycles. The van der Waals surface area contributed by atoms with Crippen molar-refractivity contribution in [3.8, 4) is 0 Å². The number of hydrogen-bond acceptors (Lipinski definition) is 5. The number of amides is 1. The lowest BCUT2D eigenvalue weighted by Gasteiger charge is -2.25. The Morgan fingerprint density at radius 1 is 1.29 bits per heavy atom. The zero-order valence-corrected chi connectivity index (χ0v) is 15.2. The van der Waals surface area contributed by atoms with E-state index in [9.17, 15) is 4.79 Å². The SMILES string of the molecule is CC(C)(C)OC(=O)N1C[C@H]2C[C@H](CNc3ccc(Cl)nn3)C[C@H]2C1. The second kappa shape index (κ2) is 6.75. The van der Waals surface area contributed by atoms with Crippen molar-refractivity contribution in [3.63, 3.8) is 0 Å². The number of rotatable bonds is 3. The minimum atomic E-state index is -0.430. The maximum Gasteiger partial charge on any atom is 0.410 e. The molecule has 1 aliphatic carbocycles. The van der Waals surface area contributed by atoms with Gasteiger partial charge in [-0.1, -0.05) is 11.6 Å². The molecule has 1 amide bonds. The van der Waals surface area contributed by atoms with E-state index in [-0.39, 0.29) is 6.09 Å². The van der Waals surface area contributed by atoms with E-state index in [2.05, 4.69) is 15.5 Å². The van der Waals surface area contributed by atoms with E-state index in [0.717, 1.165) is 38.3 Å². The molecular weight excluding hydrogens is 328 g/mol. The molecule has 2 aliphatic rings. The van der Waals surface area contributed by atoms with Gasteiger partial charge >= 0.3 is 6.09 Å². The molecular formula is C17H25ClN4O2. The Balaban J connectivity index is 1.45. The van der Waals surface area contributed by atoms with Crippen LogP contribution < -0.4 is 5.32 Å². The summed E-state index contributed by atoms with van der Waals surface area (Å²) in [5, 5.41) is 11.6. The summed E-state index contributed by atoms with van der Waals surface area (Å²) < 4.78 is 5.48. The molecule has 1 N–H and O–H groups in total. The smallest absolute Gasteiger partial charge is 0.410 e. The molecule has 1 aromatic rings. The number of hydrogen-bond donors (Lipinski definition) is 1. The van der Waals surface area contributed by atoms with Crippen LogP contribution in [-0.4, -0.2) is 46.4 Å². The highest BCUT2D eigenvalue weighted by Crippen LogP contribution is 2.41. The van der Waals surface area contributed by atoms with Crippen molar-refractivity contribution < 1.29 is 9.53 Å². The van der Waals surface area contributed by atoms with Crippen LogP contribution in [0.4, 0.5) is 10.6 Å². The molecule has 3 atom stereocenters. The molecule has 1 aliphatic heterocycles. The van der Waals surface area contributed by atoms with E-state index in [1.807, 2.05) is 31.7 Å². The summed E-state index contributed by atoms with van der Waals surface area (Å²) in [6, 6.07) is 3.58. The van der Waals surface area contributed by atoms with Crippen LogP contribution in [0.3, 0.4) is 0 Å². The van der Waals surface area contributed by atoms with Crippen LogP contribution in [0.5, 0.6) is 0 Å². The van der Waals surface area contributed by atoms with Gasteiger partial charge in [0, 0.05) is 19.6 Å². The molecule has 0 radical (unpaired) electrons. The third-order valence-electron chi connectivity index (χ3n) is 4.70. The molecule has 0 bridgehead atoms. The highest BCUT2D eigenvalue weighted by Gasteiger charge is 2.43. The molecule has 1 saturated carbocycles. The zero-order valence-electron chi connectivity index (χ0n) is 14.5. The highest BCUT2D eigenvalue weighted by atomic mass is 35.5. The van der Waals surface area contributed by atoms with Gasteiger partial charge in [0.1, 0.15) is 11.4 Å². The van der Waals surface area contributed by atoms with Crippen LogP contribution in [-0.2, 0) is 4.74 Å². The first kappa shape index (κ1) is 17.3. The van der Waals surface area contributed by atoms with Crippen molar-refractivity contribution in [2.45, 2.75) is 39.2 Å². The number of nitrogens with one attached hydrogen (secondary N) is 1. The first-order valence-electron chi connectivity index (χ1n) is 8.51. The summed E-state index contributed by atoms with van der Waals surface area (Å²) in [4.78, 5) is 14.0. The van der Waals surface area contributed by atoms with Gasteiger partial charge < -0.3 is 15.0 Å². The lowest BCUT2D eigenvalue weighted by molar-refractivity contribution is 0.0278. The number of fused-ring (bicyclic) bond motifs is 1. The number of ether oxygens (including phenoxy) is 1. The highest BCUT2D eigenvalue weighted by molar-refractivity contribution is 6.29. The first-order chi connectivity index (χ1) is 11.3. The molecule has 6 nitrogen and oxygen atoms in total. The maximum atomic E-state index is 12.2. The Bertz CT molecular complexity index is 573.